The molecule has 2 aromatic carbocycles. The van der Waals surface area contributed by atoms with E-state index in [-0.39, 0.29) is 36.0 Å². The minimum absolute atomic E-state index is 0.0946. The Morgan fingerprint density at radius 2 is 1.85 bits per heavy atom. The molecule has 1 aliphatic rings. The lowest BCUT2D eigenvalue weighted by atomic mass is 9.68. The molecule has 1 aliphatic carbocycles. The minimum Gasteiger partial charge on any atom is -0.478 e. The number of carbonyl (C=O) groups is 2. The van der Waals surface area contributed by atoms with Gasteiger partial charge in [0.1, 0.15) is 0 Å². The normalized spacial score (nSPS) is 20.5. The summed E-state index contributed by atoms with van der Waals surface area (Å²) >= 11 is 6.18. The first kappa shape index (κ1) is 25.0. The first-order valence-electron chi connectivity index (χ1n) is 10.9. The van der Waals surface area contributed by atoms with Crippen molar-refractivity contribution in [3.05, 3.63) is 64.7 Å². The van der Waals surface area contributed by atoms with Crippen molar-refractivity contribution in [1.29, 1.82) is 0 Å². The predicted molar refractivity (Wildman–Crippen MR) is 126 cm³/mol. The van der Waals surface area contributed by atoms with Crippen LogP contribution in [0.3, 0.4) is 0 Å². The molecule has 0 heterocycles. The van der Waals surface area contributed by atoms with Crippen LogP contribution in [-0.2, 0) is 10.2 Å². The lowest BCUT2D eigenvalue weighted by molar-refractivity contribution is -0.140. The van der Waals surface area contributed by atoms with Gasteiger partial charge in [-0.25, -0.2) is 4.79 Å². The molecule has 0 unspecified atom stereocenters. The Morgan fingerprint density at radius 3 is 2.45 bits per heavy atom. The lowest BCUT2D eigenvalue weighted by Gasteiger charge is -2.43. The number of anilines is 1. The summed E-state index contributed by atoms with van der Waals surface area (Å²) in [4.78, 5) is 25.6. The third kappa shape index (κ3) is 6.23. The SMILES string of the molecule is NCC1(c2cccc(Cl)c2)CCC(N(CC(O)O)C(=O)CNc2cccc(C(=O)O)c2)CC1. The molecule has 33 heavy (non-hydrogen) atoms. The molecule has 1 fully saturated rings. The second-order valence-electron chi connectivity index (χ2n) is 8.49. The van der Waals surface area contributed by atoms with Gasteiger partial charge in [-0.15, -0.1) is 0 Å². The largest absolute Gasteiger partial charge is 0.478 e. The first-order valence-corrected chi connectivity index (χ1v) is 11.3. The van der Waals surface area contributed by atoms with Crippen LogP contribution in [0.4, 0.5) is 5.69 Å². The van der Waals surface area contributed by atoms with E-state index >= 15 is 0 Å². The maximum absolute atomic E-state index is 13.0. The molecule has 0 aromatic heterocycles. The molecule has 0 saturated heterocycles. The zero-order valence-electron chi connectivity index (χ0n) is 18.3. The molecule has 3 rings (SSSR count). The molecule has 1 saturated carbocycles. The van der Waals surface area contributed by atoms with Gasteiger partial charge in [0, 0.05) is 28.7 Å². The average Bonchev–Trinajstić information content (AvgIpc) is 2.81. The van der Waals surface area contributed by atoms with Gasteiger partial charge < -0.3 is 31.3 Å². The summed E-state index contributed by atoms with van der Waals surface area (Å²) in [5, 5.41) is 31.9. The predicted octanol–water partition coefficient (Wildman–Crippen LogP) is 2.43. The van der Waals surface area contributed by atoms with Crippen molar-refractivity contribution in [3.8, 4) is 0 Å². The highest BCUT2D eigenvalue weighted by atomic mass is 35.5. The number of nitrogens with zero attached hydrogens (tertiary/aromatic N) is 1. The summed E-state index contributed by atoms with van der Waals surface area (Å²) < 4.78 is 0. The fourth-order valence-corrected chi connectivity index (χ4v) is 4.76. The van der Waals surface area contributed by atoms with Gasteiger partial charge in [-0.2, -0.15) is 0 Å². The number of rotatable bonds is 9. The molecule has 178 valence electrons. The molecule has 0 radical (unpaired) electrons. The van der Waals surface area contributed by atoms with Gasteiger partial charge in [0.25, 0.3) is 0 Å². The molecule has 0 spiro atoms. The number of hydrogen-bond acceptors (Lipinski definition) is 6. The van der Waals surface area contributed by atoms with E-state index in [9.17, 15) is 19.8 Å². The van der Waals surface area contributed by atoms with Crippen LogP contribution >= 0.6 is 11.6 Å². The van der Waals surface area contributed by atoms with Crippen LogP contribution in [-0.4, -0.2) is 64.1 Å². The Morgan fingerprint density at radius 1 is 1.15 bits per heavy atom. The maximum Gasteiger partial charge on any atom is 0.335 e. The molecule has 2 aromatic rings. The molecule has 6 N–H and O–H groups in total. The first-order chi connectivity index (χ1) is 15.7. The zero-order chi connectivity index (χ0) is 24.0. The lowest BCUT2D eigenvalue weighted by Crippen LogP contribution is -2.51. The number of aromatic carboxylic acids is 1. The summed E-state index contributed by atoms with van der Waals surface area (Å²) in [6.07, 6.45) is 1.16. The number of carboxylic acids is 1. The highest BCUT2D eigenvalue weighted by molar-refractivity contribution is 6.30. The number of nitrogens with one attached hydrogen (secondary N) is 1. The quantitative estimate of drug-likeness (QED) is 0.351. The number of benzene rings is 2. The third-order valence-electron chi connectivity index (χ3n) is 6.41. The fourth-order valence-electron chi connectivity index (χ4n) is 4.57. The number of nitrogens with two attached hydrogens (primary N) is 1. The fraction of sp³-hybridized carbons (Fsp3) is 0.417. The smallest absolute Gasteiger partial charge is 0.335 e. The molecular formula is C24H30ClN3O5. The molecule has 0 atom stereocenters. The van der Waals surface area contributed by atoms with Crippen LogP contribution in [0.5, 0.6) is 0 Å². The van der Waals surface area contributed by atoms with Crippen LogP contribution in [0.25, 0.3) is 0 Å². The summed E-state index contributed by atoms with van der Waals surface area (Å²) in [5.74, 6) is -1.35. The van der Waals surface area contributed by atoms with E-state index in [1.54, 1.807) is 12.1 Å². The van der Waals surface area contributed by atoms with Crippen LogP contribution in [0, 0.1) is 0 Å². The number of amides is 1. The Bertz CT molecular complexity index is 976. The van der Waals surface area contributed by atoms with E-state index in [1.165, 1.54) is 17.0 Å². The summed E-state index contributed by atoms with van der Waals surface area (Å²) in [6, 6.07) is 13.7. The Labute approximate surface area is 198 Å². The molecule has 1 amide bonds. The van der Waals surface area contributed by atoms with Crippen molar-refractivity contribution in [2.45, 2.75) is 43.4 Å². The number of aliphatic hydroxyl groups is 2. The van der Waals surface area contributed by atoms with Crippen LogP contribution < -0.4 is 11.1 Å². The van der Waals surface area contributed by atoms with Gasteiger partial charge >= 0.3 is 5.97 Å². The van der Waals surface area contributed by atoms with Gasteiger partial charge in [-0.05, 0) is 61.6 Å². The zero-order valence-corrected chi connectivity index (χ0v) is 19.0. The van der Waals surface area contributed by atoms with E-state index in [0.29, 0.717) is 30.1 Å². The van der Waals surface area contributed by atoms with Gasteiger partial charge in [0.2, 0.25) is 5.91 Å². The molecular weight excluding hydrogens is 446 g/mol. The number of carboxylic acid groups (broad SMARTS) is 1. The Hall–Kier alpha value is -2.65. The number of halogens is 1. The average molecular weight is 476 g/mol. The summed E-state index contributed by atoms with van der Waals surface area (Å²) in [7, 11) is 0. The van der Waals surface area contributed by atoms with Crippen LogP contribution in [0.15, 0.2) is 48.5 Å². The Kier molecular flexibility index (Phi) is 8.31. The molecule has 0 aliphatic heterocycles. The Balaban J connectivity index is 1.68. The monoisotopic (exact) mass is 475 g/mol. The number of hydrogen-bond donors (Lipinski definition) is 5. The molecule has 8 nitrogen and oxygen atoms in total. The van der Waals surface area contributed by atoms with Crippen LogP contribution in [0.2, 0.25) is 5.02 Å². The maximum atomic E-state index is 13.0. The van der Waals surface area contributed by atoms with Crippen molar-refractivity contribution in [2.24, 2.45) is 5.73 Å². The highest BCUT2D eigenvalue weighted by Gasteiger charge is 2.38. The molecule has 9 heteroatoms. The van der Waals surface area contributed by atoms with Gasteiger partial charge in [0.05, 0.1) is 18.7 Å². The van der Waals surface area contributed by atoms with E-state index in [1.807, 2.05) is 24.3 Å². The minimum atomic E-state index is -1.65. The van der Waals surface area contributed by atoms with Gasteiger partial charge in [0.15, 0.2) is 6.29 Å². The van der Waals surface area contributed by atoms with E-state index in [0.717, 1.165) is 18.4 Å². The molecule has 0 bridgehead atoms. The topological polar surface area (TPSA) is 136 Å². The second-order valence-corrected chi connectivity index (χ2v) is 8.93. The number of aliphatic hydroxyl groups excluding tert-OH is 1. The number of carbonyl (C=O) groups excluding carboxylic acids is 1. The third-order valence-corrected chi connectivity index (χ3v) is 6.65. The van der Waals surface area contributed by atoms with E-state index in [4.69, 9.17) is 22.4 Å². The van der Waals surface area contributed by atoms with Gasteiger partial charge in [-0.1, -0.05) is 29.8 Å². The second kappa shape index (κ2) is 11.0. The van der Waals surface area contributed by atoms with Crippen molar-refractivity contribution in [2.75, 3.05) is 25.0 Å². The van der Waals surface area contributed by atoms with Crippen molar-refractivity contribution in [3.63, 3.8) is 0 Å². The van der Waals surface area contributed by atoms with Crippen molar-refractivity contribution in [1.82, 2.24) is 4.90 Å². The highest BCUT2D eigenvalue weighted by Crippen LogP contribution is 2.40. The van der Waals surface area contributed by atoms with Crippen LogP contribution in [0.1, 0.15) is 41.6 Å². The van der Waals surface area contributed by atoms with Crippen molar-refractivity contribution < 1.29 is 24.9 Å². The summed E-state index contributed by atoms with van der Waals surface area (Å²) in [6.45, 7) is 0.161. The van der Waals surface area contributed by atoms with Gasteiger partial charge in [-0.3, -0.25) is 4.79 Å². The van der Waals surface area contributed by atoms with E-state index in [2.05, 4.69) is 5.32 Å². The standard InChI is InChI=1S/C24H30ClN3O5/c25-18-5-2-4-17(12-18)24(15-26)9-7-20(8-10-24)28(14-22(30)31)21(29)13-27-19-6-1-3-16(11-19)23(32)33/h1-6,11-12,20,22,27,30-31H,7-10,13-15,26H2,(H,32,33). The van der Waals surface area contributed by atoms with E-state index < -0.39 is 12.3 Å². The van der Waals surface area contributed by atoms with Crippen molar-refractivity contribution >= 4 is 29.2 Å². The summed E-state index contributed by atoms with van der Waals surface area (Å²) in [5.41, 5.74) is 7.63.